The van der Waals surface area contributed by atoms with Crippen LogP contribution in [0.1, 0.15) is 24.2 Å². The highest BCUT2D eigenvalue weighted by Gasteiger charge is 2.14. The van der Waals surface area contributed by atoms with E-state index in [1.54, 1.807) is 0 Å². The monoisotopic (exact) mass is 229 g/mol. The van der Waals surface area contributed by atoms with Crippen molar-refractivity contribution in [2.75, 3.05) is 13.1 Å². The van der Waals surface area contributed by atoms with Crippen LogP contribution in [0.25, 0.3) is 11.0 Å². The Balaban J connectivity index is 1.72. The average molecular weight is 229 g/mol. The summed E-state index contributed by atoms with van der Waals surface area (Å²) in [7, 11) is 0. The summed E-state index contributed by atoms with van der Waals surface area (Å²) in [6.07, 6.45) is 3.63. The van der Waals surface area contributed by atoms with E-state index < -0.39 is 0 Å². The predicted octanol–water partition coefficient (Wildman–Crippen LogP) is 2.41. The van der Waals surface area contributed by atoms with Crippen molar-refractivity contribution < 1.29 is 0 Å². The largest absolute Gasteiger partial charge is 0.342 e. The topological polar surface area (TPSA) is 40.7 Å². The Kier molecular flexibility index (Phi) is 2.85. The second-order valence-electron chi connectivity index (χ2n) is 5.10. The first kappa shape index (κ1) is 10.8. The van der Waals surface area contributed by atoms with Gasteiger partial charge in [-0.3, -0.25) is 0 Å². The number of H-pyrrole nitrogens is 1. The minimum absolute atomic E-state index is 0.838. The smallest absolute Gasteiger partial charge is 0.107 e. The van der Waals surface area contributed by atoms with Crippen LogP contribution in [-0.4, -0.2) is 23.1 Å². The van der Waals surface area contributed by atoms with Gasteiger partial charge in [-0.05, 0) is 56.5 Å². The first-order valence-electron chi connectivity index (χ1n) is 6.47. The summed E-state index contributed by atoms with van der Waals surface area (Å²) < 4.78 is 0. The molecule has 1 fully saturated rings. The number of aromatic nitrogens is 2. The number of hydrogen-bond acceptors (Lipinski definition) is 2. The molecule has 1 saturated heterocycles. The summed E-state index contributed by atoms with van der Waals surface area (Å²) in [5, 5.41) is 3.41. The van der Waals surface area contributed by atoms with Gasteiger partial charge in [0.15, 0.2) is 0 Å². The van der Waals surface area contributed by atoms with Gasteiger partial charge in [0.25, 0.3) is 0 Å². The molecule has 2 N–H and O–H groups in total. The summed E-state index contributed by atoms with van der Waals surface area (Å²) >= 11 is 0. The molecule has 2 aromatic rings. The highest BCUT2D eigenvalue weighted by Crippen LogP contribution is 2.17. The van der Waals surface area contributed by atoms with E-state index in [1.165, 1.54) is 37.0 Å². The molecular weight excluding hydrogens is 210 g/mol. The number of benzene rings is 1. The molecule has 0 aliphatic carbocycles. The Morgan fingerprint density at radius 3 is 3.18 bits per heavy atom. The molecule has 1 atom stereocenters. The van der Waals surface area contributed by atoms with Gasteiger partial charge in [-0.25, -0.2) is 4.98 Å². The van der Waals surface area contributed by atoms with Crippen molar-refractivity contribution in [2.24, 2.45) is 5.92 Å². The second-order valence-corrected chi connectivity index (χ2v) is 5.10. The number of rotatable bonds is 3. The first-order chi connectivity index (χ1) is 8.31. The van der Waals surface area contributed by atoms with Gasteiger partial charge in [-0.1, -0.05) is 6.07 Å². The van der Waals surface area contributed by atoms with Crippen LogP contribution in [0, 0.1) is 12.8 Å². The van der Waals surface area contributed by atoms with E-state index in [-0.39, 0.29) is 0 Å². The number of nitrogens with one attached hydrogen (secondary N) is 2. The third kappa shape index (κ3) is 2.34. The van der Waals surface area contributed by atoms with E-state index in [4.69, 9.17) is 0 Å². The quantitative estimate of drug-likeness (QED) is 0.848. The Labute approximate surface area is 102 Å². The lowest BCUT2D eigenvalue weighted by Crippen LogP contribution is -2.09. The van der Waals surface area contributed by atoms with E-state index >= 15 is 0 Å². The number of aryl methyl sites for hydroxylation is 2. The number of nitrogens with zero attached hydrogens (tertiary/aromatic N) is 1. The average Bonchev–Trinajstić information content (AvgIpc) is 2.94. The van der Waals surface area contributed by atoms with Crippen molar-refractivity contribution in [1.29, 1.82) is 0 Å². The molecule has 3 nitrogen and oxygen atoms in total. The highest BCUT2D eigenvalue weighted by molar-refractivity contribution is 5.75. The lowest BCUT2D eigenvalue weighted by atomic mass is 10.0. The SMILES string of the molecule is Cc1ccc2nc(CCC3CCNC3)[nH]c2c1. The van der Waals surface area contributed by atoms with Gasteiger partial charge in [0.05, 0.1) is 11.0 Å². The Morgan fingerprint density at radius 2 is 2.35 bits per heavy atom. The van der Waals surface area contributed by atoms with Gasteiger partial charge in [0.2, 0.25) is 0 Å². The van der Waals surface area contributed by atoms with Crippen molar-refractivity contribution in [1.82, 2.24) is 15.3 Å². The summed E-state index contributed by atoms with van der Waals surface area (Å²) in [5.41, 5.74) is 3.55. The summed E-state index contributed by atoms with van der Waals surface area (Å²) in [6.45, 7) is 4.48. The molecule has 2 heterocycles. The van der Waals surface area contributed by atoms with Gasteiger partial charge in [0, 0.05) is 6.42 Å². The third-order valence-electron chi connectivity index (χ3n) is 3.64. The maximum atomic E-state index is 4.64. The molecule has 0 amide bonds. The Bertz CT molecular complexity index is 509. The molecule has 3 rings (SSSR count). The summed E-state index contributed by atoms with van der Waals surface area (Å²) in [6, 6.07) is 6.39. The molecule has 1 aromatic carbocycles. The number of fused-ring (bicyclic) bond motifs is 1. The zero-order chi connectivity index (χ0) is 11.7. The van der Waals surface area contributed by atoms with E-state index in [1.807, 2.05) is 0 Å². The van der Waals surface area contributed by atoms with Crippen molar-refractivity contribution in [3.63, 3.8) is 0 Å². The molecule has 17 heavy (non-hydrogen) atoms. The van der Waals surface area contributed by atoms with E-state index in [9.17, 15) is 0 Å². The van der Waals surface area contributed by atoms with Crippen molar-refractivity contribution in [3.8, 4) is 0 Å². The number of aromatic amines is 1. The van der Waals surface area contributed by atoms with Crippen molar-refractivity contribution in [3.05, 3.63) is 29.6 Å². The van der Waals surface area contributed by atoms with Crippen LogP contribution in [0.5, 0.6) is 0 Å². The van der Waals surface area contributed by atoms with E-state index in [2.05, 4.69) is 40.4 Å². The standard InChI is InChI=1S/C14H19N3/c1-10-2-4-12-13(8-10)17-14(16-12)5-3-11-6-7-15-9-11/h2,4,8,11,15H,3,5-7,9H2,1H3,(H,16,17). The van der Waals surface area contributed by atoms with E-state index in [0.717, 1.165) is 23.7 Å². The Hall–Kier alpha value is -1.35. The number of imidazole rings is 1. The first-order valence-corrected chi connectivity index (χ1v) is 6.47. The number of hydrogen-bond donors (Lipinski definition) is 2. The van der Waals surface area contributed by atoms with Gasteiger partial charge in [-0.2, -0.15) is 0 Å². The minimum atomic E-state index is 0.838. The fraction of sp³-hybridized carbons (Fsp3) is 0.500. The van der Waals surface area contributed by atoms with Crippen LogP contribution in [0.3, 0.4) is 0 Å². The maximum Gasteiger partial charge on any atom is 0.107 e. The fourth-order valence-corrected chi connectivity index (χ4v) is 2.60. The lowest BCUT2D eigenvalue weighted by Gasteiger charge is -2.05. The van der Waals surface area contributed by atoms with Gasteiger partial charge in [-0.15, -0.1) is 0 Å². The summed E-state index contributed by atoms with van der Waals surface area (Å²) in [4.78, 5) is 8.07. The molecule has 1 aromatic heterocycles. The van der Waals surface area contributed by atoms with Gasteiger partial charge < -0.3 is 10.3 Å². The molecule has 0 saturated carbocycles. The zero-order valence-electron chi connectivity index (χ0n) is 10.3. The van der Waals surface area contributed by atoms with Crippen LogP contribution in [0.2, 0.25) is 0 Å². The zero-order valence-corrected chi connectivity index (χ0v) is 10.3. The molecule has 1 aliphatic heterocycles. The van der Waals surface area contributed by atoms with Crippen LogP contribution >= 0.6 is 0 Å². The molecule has 0 bridgehead atoms. The molecule has 0 spiro atoms. The maximum absolute atomic E-state index is 4.64. The van der Waals surface area contributed by atoms with Crippen molar-refractivity contribution in [2.45, 2.75) is 26.2 Å². The molecule has 1 aliphatic rings. The van der Waals surface area contributed by atoms with Crippen LogP contribution in [0.15, 0.2) is 18.2 Å². The molecule has 3 heteroatoms. The fourth-order valence-electron chi connectivity index (χ4n) is 2.60. The van der Waals surface area contributed by atoms with Crippen LogP contribution in [0.4, 0.5) is 0 Å². The van der Waals surface area contributed by atoms with Crippen LogP contribution in [-0.2, 0) is 6.42 Å². The predicted molar refractivity (Wildman–Crippen MR) is 70.1 cm³/mol. The molecular formula is C14H19N3. The molecule has 1 unspecified atom stereocenters. The van der Waals surface area contributed by atoms with Gasteiger partial charge in [0.1, 0.15) is 5.82 Å². The minimum Gasteiger partial charge on any atom is -0.342 e. The van der Waals surface area contributed by atoms with Crippen molar-refractivity contribution >= 4 is 11.0 Å². The Morgan fingerprint density at radius 1 is 1.41 bits per heavy atom. The lowest BCUT2D eigenvalue weighted by molar-refractivity contribution is 0.526. The highest BCUT2D eigenvalue weighted by atomic mass is 14.9. The third-order valence-corrected chi connectivity index (χ3v) is 3.64. The van der Waals surface area contributed by atoms with Gasteiger partial charge >= 0.3 is 0 Å². The summed E-state index contributed by atoms with van der Waals surface area (Å²) in [5.74, 6) is 1.97. The second kappa shape index (κ2) is 4.49. The normalized spacial score (nSPS) is 20.2. The molecule has 0 radical (unpaired) electrons. The van der Waals surface area contributed by atoms with Crippen LogP contribution < -0.4 is 5.32 Å². The van der Waals surface area contributed by atoms with E-state index in [0.29, 0.717) is 0 Å². The molecule has 90 valence electrons.